The van der Waals surface area contributed by atoms with Crippen molar-refractivity contribution in [1.82, 2.24) is 14.9 Å². The van der Waals surface area contributed by atoms with Gasteiger partial charge in [0.2, 0.25) is 9.47 Å². The van der Waals surface area contributed by atoms with Gasteiger partial charge in [0.15, 0.2) is 0 Å². The number of aromatic nitrogens is 2. The van der Waals surface area contributed by atoms with Crippen LogP contribution in [0.15, 0.2) is 52.9 Å². The Hall–Kier alpha value is -2.04. The molecule has 0 saturated carbocycles. The Morgan fingerprint density at radius 2 is 1.81 bits per heavy atom. The SMILES string of the molecule is CC(C)C[C@H](NS(=O)(=O)c1nnc(NC(=O)c2ccc(Cl)cc2Cl)s1)c1ccccc1. The molecular weight excluding hydrogens is 479 g/mol. The molecule has 0 aliphatic heterocycles. The second kappa shape index (κ2) is 10.1. The molecular formula is C20H20Cl2N4O3S2. The van der Waals surface area contributed by atoms with E-state index in [4.69, 9.17) is 23.2 Å². The van der Waals surface area contributed by atoms with Crippen LogP contribution in [0.3, 0.4) is 0 Å². The van der Waals surface area contributed by atoms with Gasteiger partial charge in [-0.1, -0.05) is 78.7 Å². The van der Waals surface area contributed by atoms with Crippen LogP contribution in [0.5, 0.6) is 0 Å². The smallest absolute Gasteiger partial charge is 0.270 e. The first-order chi connectivity index (χ1) is 14.7. The van der Waals surface area contributed by atoms with Crippen molar-refractivity contribution in [3.05, 3.63) is 69.7 Å². The van der Waals surface area contributed by atoms with Gasteiger partial charge in [0.05, 0.1) is 10.6 Å². The molecule has 0 aliphatic rings. The molecule has 2 aromatic carbocycles. The largest absolute Gasteiger partial charge is 0.296 e. The topological polar surface area (TPSA) is 101 Å². The number of nitrogens with one attached hydrogen (secondary N) is 2. The van der Waals surface area contributed by atoms with E-state index < -0.39 is 22.0 Å². The van der Waals surface area contributed by atoms with Crippen LogP contribution in [0, 0.1) is 5.92 Å². The number of amides is 1. The van der Waals surface area contributed by atoms with Crippen molar-refractivity contribution in [2.75, 3.05) is 5.32 Å². The van der Waals surface area contributed by atoms with Gasteiger partial charge >= 0.3 is 0 Å². The Bertz CT molecular complexity index is 1170. The monoisotopic (exact) mass is 498 g/mol. The lowest BCUT2D eigenvalue weighted by atomic mass is 9.98. The number of carbonyl (C=O) groups is 1. The van der Waals surface area contributed by atoms with Crippen LogP contribution in [0.1, 0.15) is 42.2 Å². The first-order valence-electron chi connectivity index (χ1n) is 9.33. The minimum Gasteiger partial charge on any atom is -0.296 e. The number of halogens is 2. The average molecular weight is 499 g/mol. The minimum absolute atomic E-state index is 0.0384. The molecule has 7 nitrogen and oxygen atoms in total. The summed E-state index contributed by atoms with van der Waals surface area (Å²) in [5.74, 6) is -0.280. The summed E-state index contributed by atoms with van der Waals surface area (Å²) in [6.07, 6.45) is 0.612. The summed E-state index contributed by atoms with van der Waals surface area (Å²) in [5.41, 5.74) is 1.04. The van der Waals surface area contributed by atoms with Gasteiger partial charge in [-0.25, -0.2) is 13.1 Å². The normalized spacial score (nSPS) is 12.7. The number of hydrogen-bond donors (Lipinski definition) is 2. The van der Waals surface area contributed by atoms with Gasteiger partial charge < -0.3 is 0 Å². The quantitative estimate of drug-likeness (QED) is 0.417. The van der Waals surface area contributed by atoms with E-state index in [0.29, 0.717) is 11.4 Å². The minimum atomic E-state index is -3.95. The van der Waals surface area contributed by atoms with E-state index in [9.17, 15) is 13.2 Å². The molecule has 1 amide bonds. The summed E-state index contributed by atoms with van der Waals surface area (Å²) >= 11 is 12.6. The molecule has 0 spiro atoms. The van der Waals surface area contributed by atoms with Crippen molar-refractivity contribution in [1.29, 1.82) is 0 Å². The second-order valence-electron chi connectivity index (χ2n) is 7.17. The second-order valence-corrected chi connectivity index (χ2v) is 10.9. The van der Waals surface area contributed by atoms with E-state index in [1.54, 1.807) is 0 Å². The molecule has 0 unspecified atom stereocenters. The lowest BCUT2D eigenvalue weighted by Gasteiger charge is -2.20. The maximum Gasteiger partial charge on any atom is 0.270 e. The predicted octanol–water partition coefficient (Wildman–Crippen LogP) is 5.16. The van der Waals surface area contributed by atoms with Crippen LogP contribution in [0.2, 0.25) is 10.0 Å². The van der Waals surface area contributed by atoms with Crippen molar-refractivity contribution in [3.63, 3.8) is 0 Å². The van der Waals surface area contributed by atoms with Gasteiger partial charge in [-0.2, -0.15) is 0 Å². The Morgan fingerprint density at radius 1 is 1.10 bits per heavy atom. The molecule has 164 valence electrons. The molecule has 2 N–H and O–H groups in total. The Morgan fingerprint density at radius 3 is 2.45 bits per heavy atom. The number of nitrogens with zero attached hydrogens (tertiary/aromatic N) is 2. The van der Waals surface area contributed by atoms with Gasteiger partial charge in [0.1, 0.15) is 0 Å². The summed E-state index contributed by atoms with van der Waals surface area (Å²) in [6.45, 7) is 4.04. The molecule has 31 heavy (non-hydrogen) atoms. The zero-order valence-electron chi connectivity index (χ0n) is 16.7. The van der Waals surface area contributed by atoms with Crippen molar-refractivity contribution in [2.45, 2.75) is 30.6 Å². The van der Waals surface area contributed by atoms with Crippen molar-refractivity contribution < 1.29 is 13.2 Å². The molecule has 1 aromatic heterocycles. The molecule has 0 fully saturated rings. The molecule has 1 atom stereocenters. The van der Waals surface area contributed by atoms with Crippen LogP contribution >= 0.6 is 34.5 Å². The lowest BCUT2D eigenvalue weighted by Crippen LogP contribution is -2.29. The zero-order valence-corrected chi connectivity index (χ0v) is 19.8. The number of sulfonamides is 1. The molecule has 3 aromatic rings. The highest BCUT2D eigenvalue weighted by atomic mass is 35.5. The summed E-state index contributed by atoms with van der Waals surface area (Å²) in [7, 11) is -3.95. The fourth-order valence-electron chi connectivity index (χ4n) is 2.85. The van der Waals surface area contributed by atoms with Gasteiger partial charge in [-0.3, -0.25) is 10.1 Å². The zero-order chi connectivity index (χ0) is 22.6. The van der Waals surface area contributed by atoms with Gasteiger partial charge in [-0.05, 0) is 36.1 Å². The summed E-state index contributed by atoms with van der Waals surface area (Å²) in [6, 6.07) is 13.4. The van der Waals surface area contributed by atoms with E-state index in [0.717, 1.165) is 16.9 Å². The van der Waals surface area contributed by atoms with Crippen LogP contribution < -0.4 is 10.0 Å². The highest BCUT2D eigenvalue weighted by molar-refractivity contribution is 7.91. The number of anilines is 1. The highest BCUT2D eigenvalue weighted by Gasteiger charge is 2.26. The van der Waals surface area contributed by atoms with Crippen molar-refractivity contribution in [2.24, 2.45) is 5.92 Å². The Kier molecular flexibility index (Phi) is 7.66. The Labute approximate surface area is 194 Å². The maximum absolute atomic E-state index is 12.9. The van der Waals surface area contributed by atoms with Gasteiger partial charge in [0.25, 0.3) is 15.9 Å². The third-order valence-corrected chi connectivity index (χ3v) is 7.46. The summed E-state index contributed by atoms with van der Waals surface area (Å²) in [5, 5.41) is 10.6. The average Bonchev–Trinajstić information content (AvgIpc) is 3.17. The lowest BCUT2D eigenvalue weighted by molar-refractivity contribution is 0.102. The number of benzene rings is 2. The molecule has 0 bridgehead atoms. The number of hydrogen-bond acceptors (Lipinski definition) is 6. The van der Waals surface area contributed by atoms with Crippen LogP contribution in [-0.2, 0) is 10.0 Å². The van der Waals surface area contributed by atoms with Crippen molar-refractivity contribution >= 4 is 55.6 Å². The predicted molar refractivity (Wildman–Crippen MR) is 123 cm³/mol. The van der Waals surface area contributed by atoms with E-state index >= 15 is 0 Å². The highest BCUT2D eigenvalue weighted by Crippen LogP contribution is 2.27. The third-order valence-electron chi connectivity index (χ3n) is 4.24. The number of rotatable bonds is 8. The first kappa shape index (κ1) is 23.6. The molecule has 0 radical (unpaired) electrons. The first-order valence-corrected chi connectivity index (χ1v) is 12.4. The maximum atomic E-state index is 12.9. The fraction of sp³-hybridized carbons (Fsp3) is 0.250. The van der Waals surface area contributed by atoms with Gasteiger partial charge in [0, 0.05) is 11.1 Å². The van der Waals surface area contributed by atoms with Crippen LogP contribution in [0.4, 0.5) is 5.13 Å². The van der Waals surface area contributed by atoms with E-state index in [-0.39, 0.29) is 26.0 Å². The van der Waals surface area contributed by atoms with E-state index in [1.165, 1.54) is 18.2 Å². The summed E-state index contributed by atoms with van der Waals surface area (Å²) < 4.78 is 28.3. The van der Waals surface area contributed by atoms with Gasteiger partial charge in [-0.15, -0.1) is 10.2 Å². The molecule has 0 aliphatic carbocycles. The van der Waals surface area contributed by atoms with E-state index in [1.807, 2.05) is 44.2 Å². The standard InChI is InChI=1S/C20H20Cl2N4O3S2/c1-12(2)10-17(13-6-4-3-5-7-13)26-31(28,29)20-25-24-19(30-20)23-18(27)15-9-8-14(21)11-16(15)22/h3-9,11-12,17,26H,10H2,1-2H3,(H,23,24,27)/t17-/m0/s1. The third kappa shape index (κ3) is 6.24. The van der Waals surface area contributed by atoms with Crippen molar-refractivity contribution in [3.8, 4) is 0 Å². The van der Waals surface area contributed by atoms with E-state index in [2.05, 4.69) is 20.2 Å². The number of carbonyl (C=O) groups excluding carboxylic acids is 1. The molecule has 3 rings (SSSR count). The molecule has 0 saturated heterocycles. The van der Waals surface area contributed by atoms with Crippen LogP contribution in [0.25, 0.3) is 0 Å². The molecule has 11 heteroatoms. The fourth-order valence-corrected chi connectivity index (χ4v) is 5.50. The van der Waals surface area contributed by atoms with Crippen LogP contribution in [-0.4, -0.2) is 24.5 Å². The Balaban J connectivity index is 1.77. The molecule has 1 heterocycles. The summed E-state index contributed by atoms with van der Waals surface area (Å²) in [4.78, 5) is 12.4.